The van der Waals surface area contributed by atoms with Gasteiger partial charge in [0.1, 0.15) is 11.6 Å². The highest BCUT2D eigenvalue weighted by Crippen LogP contribution is 2.43. The maximum Gasteiger partial charge on any atom is 0.573 e. The van der Waals surface area contributed by atoms with Gasteiger partial charge < -0.3 is 10.1 Å². The smallest absolute Gasteiger partial charge is 0.405 e. The van der Waals surface area contributed by atoms with E-state index < -0.39 is 12.3 Å². The lowest BCUT2D eigenvalue weighted by atomic mass is 9.85. The van der Waals surface area contributed by atoms with Crippen molar-refractivity contribution in [3.05, 3.63) is 58.4 Å². The number of benzene rings is 1. The van der Waals surface area contributed by atoms with Gasteiger partial charge in [-0.05, 0) is 25.1 Å². The van der Waals surface area contributed by atoms with Gasteiger partial charge in [-0.25, -0.2) is 0 Å². The van der Waals surface area contributed by atoms with E-state index in [-0.39, 0.29) is 28.8 Å². The highest BCUT2D eigenvalue weighted by atomic mass is 35.5. The lowest BCUT2D eigenvalue weighted by molar-refractivity contribution is -0.274. The van der Waals surface area contributed by atoms with E-state index in [4.69, 9.17) is 11.6 Å². The van der Waals surface area contributed by atoms with Gasteiger partial charge in [0, 0.05) is 23.5 Å². The van der Waals surface area contributed by atoms with Crippen molar-refractivity contribution in [2.24, 2.45) is 0 Å². The van der Waals surface area contributed by atoms with Crippen LogP contribution in [-0.2, 0) is 4.79 Å². The molecule has 4 rings (SSSR count). The summed E-state index contributed by atoms with van der Waals surface area (Å²) in [4.78, 5) is 12.4. The highest BCUT2D eigenvalue weighted by Gasteiger charge is 2.37. The number of alkyl halides is 3. The van der Waals surface area contributed by atoms with Crippen molar-refractivity contribution in [1.82, 2.24) is 20.0 Å². The topological polar surface area (TPSA) is 81.9 Å². The Morgan fingerprint density at radius 2 is 1.97 bits per heavy atom. The number of ether oxygens (including phenoxy) is 1. The minimum atomic E-state index is -4.85. The van der Waals surface area contributed by atoms with E-state index >= 15 is 0 Å². The average Bonchev–Trinajstić information content (AvgIpc) is 2.97. The summed E-state index contributed by atoms with van der Waals surface area (Å²) in [5.41, 5.74) is 1.36. The van der Waals surface area contributed by atoms with Gasteiger partial charge in [0.15, 0.2) is 11.0 Å². The van der Waals surface area contributed by atoms with Crippen molar-refractivity contribution < 1.29 is 22.7 Å². The van der Waals surface area contributed by atoms with E-state index in [1.165, 1.54) is 28.9 Å². The quantitative estimate of drug-likeness (QED) is 0.688. The molecule has 1 aliphatic rings. The summed E-state index contributed by atoms with van der Waals surface area (Å²) in [5, 5.41) is 15.0. The summed E-state index contributed by atoms with van der Waals surface area (Å²) >= 11 is 5.77. The van der Waals surface area contributed by atoms with E-state index in [2.05, 4.69) is 25.3 Å². The number of fused-ring (bicyclic) bond motifs is 1. The fourth-order valence-corrected chi connectivity index (χ4v) is 3.49. The normalized spacial score (nSPS) is 16.3. The second-order valence-corrected chi connectivity index (χ2v) is 6.75. The molecule has 0 fully saturated rings. The molecule has 0 saturated heterocycles. The zero-order valence-corrected chi connectivity index (χ0v) is 15.6. The molecule has 29 heavy (non-hydrogen) atoms. The van der Waals surface area contributed by atoms with Crippen molar-refractivity contribution in [3.63, 3.8) is 0 Å². The number of aryl methyl sites for hydroxylation is 1. The van der Waals surface area contributed by atoms with Crippen LogP contribution in [-0.4, -0.2) is 32.2 Å². The summed E-state index contributed by atoms with van der Waals surface area (Å²) in [7, 11) is 0. The summed E-state index contributed by atoms with van der Waals surface area (Å²) in [5.74, 6) is -0.774. The van der Waals surface area contributed by atoms with Crippen molar-refractivity contribution in [3.8, 4) is 11.6 Å². The average molecular weight is 424 g/mol. The van der Waals surface area contributed by atoms with Crippen molar-refractivity contribution in [1.29, 1.82) is 0 Å². The van der Waals surface area contributed by atoms with Crippen LogP contribution in [0.2, 0.25) is 5.15 Å². The molecule has 11 heteroatoms. The van der Waals surface area contributed by atoms with Crippen LogP contribution < -0.4 is 10.1 Å². The van der Waals surface area contributed by atoms with Gasteiger partial charge in [-0.2, -0.15) is 9.78 Å². The first kappa shape index (κ1) is 19.2. The number of halogens is 4. The zero-order chi connectivity index (χ0) is 20.8. The summed E-state index contributed by atoms with van der Waals surface area (Å²) in [6.45, 7) is 1.70. The zero-order valence-electron chi connectivity index (χ0n) is 14.9. The predicted molar refractivity (Wildman–Crippen MR) is 97.1 cm³/mol. The van der Waals surface area contributed by atoms with E-state index in [1.54, 1.807) is 19.1 Å². The molecule has 0 saturated carbocycles. The molecule has 0 radical (unpaired) electrons. The Labute approximate surface area is 167 Å². The van der Waals surface area contributed by atoms with Gasteiger partial charge in [-0.1, -0.05) is 29.8 Å². The van der Waals surface area contributed by atoms with Crippen molar-refractivity contribution in [2.45, 2.75) is 25.6 Å². The van der Waals surface area contributed by atoms with Crippen LogP contribution >= 0.6 is 11.6 Å². The number of anilines is 1. The van der Waals surface area contributed by atoms with Gasteiger partial charge in [0.05, 0.1) is 5.69 Å². The largest absolute Gasteiger partial charge is 0.573 e. The maximum absolute atomic E-state index is 12.9. The van der Waals surface area contributed by atoms with Crippen molar-refractivity contribution in [2.75, 3.05) is 5.32 Å². The second kappa shape index (κ2) is 7.03. The Bertz CT molecular complexity index is 1080. The molecule has 3 heterocycles. The van der Waals surface area contributed by atoms with E-state index in [0.29, 0.717) is 22.9 Å². The Balaban J connectivity index is 1.85. The van der Waals surface area contributed by atoms with E-state index in [1.807, 2.05) is 0 Å². The van der Waals surface area contributed by atoms with Gasteiger partial charge in [0.25, 0.3) is 0 Å². The number of para-hydroxylation sites is 1. The van der Waals surface area contributed by atoms with Gasteiger partial charge >= 0.3 is 6.36 Å². The first-order valence-electron chi connectivity index (χ1n) is 8.46. The molecule has 0 unspecified atom stereocenters. The standard InChI is InChI=1S/C18H13ClF3N5O2/c1-9-16-11(10-4-2-3-5-12(10)29-18(20,21)22)8-15(28)23-17(16)27(26-9)14-7-6-13(19)24-25-14/h2-7,11H,8H2,1H3,(H,23,28)/t11-/m1/s1. The monoisotopic (exact) mass is 423 g/mol. The van der Waals surface area contributed by atoms with Crippen LogP contribution in [0.25, 0.3) is 5.82 Å². The Kier molecular flexibility index (Phi) is 4.65. The first-order valence-corrected chi connectivity index (χ1v) is 8.84. The Hall–Kier alpha value is -3.14. The molecule has 2 aromatic heterocycles. The molecule has 150 valence electrons. The van der Waals surface area contributed by atoms with Crippen molar-refractivity contribution >= 4 is 23.3 Å². The number of carbonyl (C=O) groups is 1. The van der Waals surface area contributed by atoms with Gasteiger partial charge in [0.2, 0.25) is 5.91 Å². The highest BCUT2D eigenvalue weighted by molar-refractivity contribution is 6.29. The molecule has 0 spiro atoms. The fourth-order valence-electron chi connectivity index (χ4n) is 3.39. The maximum atomic E-state index is 12.9. The Morgan fingerprint density at radius 1 is 1.21 bits per heavy atom. The molecule has 1 aromatic carbocycles. The van der Waals surface area contributed by atoms with Crippen LogP contribution in [0.4, 0.5) is 19.0 Å². The van der Waals surface area contributed by atoms with Crippen LogP contribution in [0, 0.1) is 6.92 Å². The molecular weight excluding hydrogens is 411 g/mol. The number of amides is 1. The number of nitrogens with one attached hydrogen (secondary N) is 1. The third kappa shape index (κ3) is 3.75. The van der Waals surface area contributed by atoms with Crippen LogP contribution in [0.15, 0.2) is 36.4 Å². The third-order valence-corrected chi connectivity index (χ3v) is 4.66. The summed E-state index contributed by atoms with van der Waals surface area (Å²) in [6.07, 6.45) is -4.90. The predicted octanol–water partition coefficient (Wildman–Crippen LogP) is 4.00. The van der Waals surface area contributed by atoms with E-state index in [0.717, 1.165) is 0 Å². The minimum absolute atomic E-state index is 0.0515. The van der Waals surface area contributed by atoms with Gasteiger partial charge in [-0.3, -0.25) is 4.79 Å². The lowest BCUT2D eigenvalue weighted by Gasteiger charge is -2.26. The second-order valence-electron chi connectivity index (χ2n) is 6.36. The molecule has 1 N–H and O–H groups in total. The molecule has 3 aromatic rings. The molecule has 1 amide bonds. The number of rotatable bonds is 3. The molecular formula is C18H13ClF3N5O2. The third-order valence-electron chi connectivity index (χ3n) is 4.46. The minimum Gasteiger partial charge on any atom is -0.405 e. The fraction of sp³-hybridized carbons (Fsp3) is 0.222. The molecule has 7 nitrogen and oxygen atoms in total. The number of aromatic nitrogens is 4. The molecule has 0 bridgehead atoms. The molecule has 1 atom stereocenters. The number of nitrogens with zero attached hydrogens (tertiary/aromatic N) is 4. The Morgan fingerprint density at radius 3 is 2.66 bits per heavy atom. The molecule has 0 aliphatic carbocycles. The number of carbonyl (C=O) groups excluding carboxylic acids is 1. The SMILES string of the molecule is Cc1nn(-c2ccc(Cl)nn2)c2c1[C@@H](c1ccccc1OC(F)(F)F)CC(=O)N2. The van der Waals surface area contributed by atoms with E-state index in [9.17, 15) is 18.0 Å². The summed E-state index contributed by atoms with van der Waals surface area (Å²) < 4.78 is 44.1. The number of hydrogen-bond acceptors (Lipinski definition) is 5. The number of hydrogen-bond donors (Lipinski definition) is 1. The summed E-state index contributed by atoms with van der Waals surface area (Å²) in [6, 6.07) is 8.84. The van der Waals surface area contributed by atoms with Crippen LogP contribution in [0.1, 0.15) is 29.2 Å². The van der Waals surface area contributed by atoms with Gasteiger partial charge in [-0.15, -0.1) is 23.4 Å². The molecule has 1 aliphatic heterocycles. The van der Waals surface area contributed by atoms with Crippen LogP contribution in [0.3, 0.4) is 0 Å². The lowest BCUT2D eigenvalue weighted by Crippen LogP contribution is -2.26. The first-order chi connectivity index (χ1) is 13.7. The van der Waals surface area contributed by atoms with Crippen LogP contribution in [0.5, 0.6) is 5.75 Å².